The molecule has 0 spiro atoms. The van der Waals surface area contributed by atoms with Crippen LogP contribution in [0.1, 0.15) is 30.9 Å². The number of amides is 1. The fourth-order valence-electron chi connectivity index (χ4n) is 4.45. The number of esters is 1. The normalized spacial score (nSPS) is 27.5. The van der Waals surface area contributed by atoms with Crippen LogP contribution in [0.4, 0.5) is 0 Å². The van der Waals surface area contributed by atoms with E-state index in [2.05, 4.69) is 4.90 Å². The molecule has 1 aromatic rings. The quantitative estimate of drug-likeness (QED) is 0.793. The van der Waals surface area contributed by atoms with Crippen molar-refractivity contribution >= 4 is 11.9 Å². The first-order valence-corrected chi connectivity index (χ1v) is 8.58. The molecule has 3 atom stereocenters. The minimum absolute atomic E-state index is 0.0567. The Morgan fingerprint density at radius 3 is 2.62 bits per heavy atom. The van der Waals surface area contributed by atoms with Crippen molar-refractivity contribution in [3.8, 4) is 0 Å². The Morgan fingerprint density at radius 1 is 1.29 bits per heavy atom. The molecule has 0 aromatic heterocycles. The summed E-state index contributed by atoms with van der Waals surface area (Å²) in [4.78, 5) is 29.2. The Bertz CT molecular complexity index is 616. The van der Waals surface area contributed by atoms with Crippen LogP contribution in [0.3, 0.4) is 0 Å². The zero-order chi connectivity index (χ0) is 17.3. The highest BCUT2D eigenvalue weighted by atomic mass is 16.5. The van der Waals surface area contributed by atoms with E-state index in [1.165, 1.54) is 7.11 Å². The molecule has 1 aromatic carbocycles. The van der Waals surface area contributed by atoms with Gasteiger partial charge in [-0.3, -0.25) is 14.5 Å². The number of hydrogen-bond acceptors (Lipinski definition) is 4. The lowest BCUT2D eigenvalue weighted by Crippen LogP contribution is -2.42. The number of fused-ring (bicyclic) bond motifs is 1. The van der Waals surface area contributed by atoms with Crippen molar-refractivity contribution in [2.45, 2.75) is 25.3 Å². The van der Waals surface area contributed by atoms with E-state index in [1.807, 2.05) is 30.3 Å². The molecular formula is C19H26N2O3. The molecule has 130 valence electrons. The van der Waals surface area contributed by atoms with Crippen LogP contribution in [0, 0.1) is 11.3 Å². The largest absolute Gasteiger partial charge is 0.469 e. The van der Waals surface area contributed by atoms with E-state index in [0.29, 0.717) is 6.54 Å². The summed E-state index contributed by atoms with van der Waals surface area (Å²) in [7, 11) is 5.03. The summed E-state index contributed by atoms with van der Waals surface area (Å²) in [5, 5.41) is 0. The molecule has 5 nitrogen and oxygen atoms in total. The molecule has 5 heteroatoms. The van der Waals surface area contributed by atoms with E-state index < -0.39 is 5.41 Å². The van der Waals surface area contributed by atoms with Gasteiger partial charge in [0.15, 0.2) is 0 Å². The molecule has 24 heavy (non-hydrogen) atoms. The molecule has 2 aliphatic rings. The molecule has 3 rings (SSSR count). The zero-order valence-corrected chi connectivity index (χ0v) is 14.7. The van der Waals surface area contributed by atoms with Crippen LogP contribution in [-0.4, -0.2) is 56.0 Å². The lowest BCUT2D eigenvalue weighted by atomic mass is 9.81. The van der Waals surface area contributed by atoms with E-state index in [4.69, 9.17) is 4.74 Å². The summed E-state index contributed by atoms with van der Waals surface area (Å²) in [6.07, 6.45) is 2.95. The van der Waals surface area contributed by atoms with E-state index in [0.717, 1.165) is 31.4 Å². The molecule has 0 unspecified atom stereocenters. The van der Waals surface area contributed by atoms with Crippen LogP contribution in [-0.2, 0) is 14.3 Å². The van der Waals surface area contributed by atoms with E-state index >= 15 is 0 Å². The van der Waals surface area contributed by atoms with Gasteiger partial charge >= 0.3 is 5.97 Å². The van der Waals surface area contributed by atoms with Crippen LogP contribution in [0.2, 0.25) is 0 Å². The van der Waals surface area contributed by atoms with Crippen LogP contribution in [0.25, 0.3) is 0 Å². The fraction of sp³-hybridized carbons (Fsp3) is 0.579. The first-order chi connectivity index (χ1) is 11.5. The van der Waals surface area contributed by atoms with E-state index in [1.54, 1.807) is 19.0 Å². The molecule has 1 aliphatic heterocycles. The van der Waals surface area contributed by atoms with Gasteiger partial charge in [0.25, 0.3) is 0 Å². The summed E-state index contributed by atoms with van der Waals surface area (Å²) in [5.74, 6) is 0.226. The molecule has 0 N–H and O–H groups in total. The second-order valence-electron chi connectivity index (χ2n) is 7.21. The van der Waals surface area contributed by atoms with Crippen molar-refractivity contribution in [1.29, 1.82) is 0 Å². The maximum atomic E-state index is 12.9. The average Bonchev–Trinajstić information content (AvgIpc) is 3.13. The molecule has 0 radical (unpaired) electrons. The van der Waals surface area contributed by atoms with Crippen LogP contribution < -0.4 is 0 Å². The number of likely N-dealkylation sites (N-methyl/N-ethyl adjacent to an activating group) is 1. The molecule has 0 bridgehead atoms. The van der Waals surface area contributed by atoms with Gasteiger partial charge in [-0.2, -0.15) is 0 Å². The van der Waals surface area contributed by atoms with Crippen molar-refractivity contribution in [3.63, 3.8) is 0 Å². The second kappa shape index (κ2) is 6.55. The summed E-state index contributed by atoms with van der Waals surface area (Å²) < 4.78 is 5.12. The summed E-state index contributed by atoms with van der Waals surface area (Å²) >= 11 is 0. The fourth-order valence-corrected chi connectivity index (χ4v) is 4.45. The Balaban J connectivity index is 1.93. The highest BCUT2D eigenvalue weighted by Crippen LogP contribution is 2.51. The molecule has 1 heterocycles. The van der Waals surface area contributed by atoms with Gasteiger partial charge in [0.05, 0.1) is 12.5 Å². The zero-order valence-electron chi connectivity index (χ0n) is 14.7. The Morgan fingerprint density at radius 2 is 2.00 bits per heavy atom. The third kappa shape index (κ3) is 2.71. The maximum Gasteiger partial charge on any atom is 0.313 e. The molecule has 1 aliphatic carbocycles. The van der Waals surface area contributed by atoms with Crippen LogP contribution >= 0.6 is 0 Å². The number of likely N-dealkylation sites (tertiary alicyclic amines) is 1. The third-order valence-corrected chi connectivity index (χ3v) is 5.64. The minimum atomic E-state index is -0.436. The number of carbonyl (C=O) groups is 2. The lowest BCUT2D eigenvalue weighted by Gasteiger charge is -2.31. The predicted octanol–water partition coefficient (Wildman–Crippen LogP) is 2.09. The van der Waals surface area contributed by atoms with Crippen molar-refractivity contribution in [2.24, 2.45) is 11.3 Å². The molecule has 1 saturated heterocycles. The Hall–Kier alpha value is -1.88. The first-order valence-electron chi connectivity index (χ1n) is 8.58. The number of methoxy groups -OCH3 is 1. The third-order valence-electron chi connectivity index (χ3n) is 5.64. The molecule has 1 amide bonds. The van der Waals surface area contributed by atoms with Crippen molar-refractivity contribution < 1.29 is 14.3 Å². The Kier molecular flexibility index (Phi) is 4.63. The van der Waals surface area contributed by atoms with Gasteiger partial charge in [-0.25, -0.2) is 0 Å². The summed E-state index contributed by atoms with van der Waals surface area (Å²) in [5.41, 5.74) is 0.546. The van der Waals surface area contributed by atoms with Crippen LogP contribution in [0.15, 0.2) is 30.3 Å². The monoisotopic (exact) mass is 330 g/mol. The average molecular weight is 330 g/mol. The van der Waals surface area contributed by atoms with Gasteiger partial charge in [-0.1, -0.05) is 36.8 Å². The second-order valence-corrected chi connectivity index (χ2v) is 7.21. The standard InChI is InChI=1S/C19H26N2O3/c1-20(2)17(22)16(14-8-5-4-6-9-14)21-12-15-10-7-11-19(15,13-21)18(23)24-3/h4-6,8-9,15-16H,7,10-13H2,1-3H3/t15-,16-,19-/m0/s1. The minimum Gasteiger partial charge on any atom is -0.469 e. The van der Waals surface area contributed by atoms with Crippen molar-refractivity contribution in [3.05, 3.63) is 35.9 Å². The maximum absolute atomic E-state index is 12.9. The predicted molar refractivity (Wildman–Crippen MR) is 91.2 cm³/mol. The number of ether oxygens (including phenoxy) is 1. The number of hydrogen-bond donors (Lipinski definition) is 0. The van der Waals surface area contributed by atoms with Gasteiger partial charge in [0.2, 0.25) is 5.91 Å². The van der Waals surface area contributed by atoms with Gasteiger partial charge in [0.1, 0.15) is 6.04 Å². The molecular weight excluding hydrogens is 304 g/mol. The first kappa shape index (κ1) is 17.0. The summed E-state index contributed by atoms with van der Waals surface area (Å²) in [6.45, 7) is 1.37. The summed E-state index contributed by atoms with van der Waals surface area (Å²) in [6, 6.07) is 9.51. The highest BCUT2D eigenvalue weighted by Gasteiger charge is 2.57. The number of carbonyl (C=O) groups excluding carboxylic acids is 2. The van der Waals surface area contributed by atoms with Crippen molar-refractivity contribution in [2.75, 3.05) is 34.3 Å². The number of nitrogens with zero attached hydrogens (tertiary/aromatic N) is 2. The van der Waals surface area contributed by atoms with E-state index in [-0.39, 0.29) is 23.8 Å². The lowest BCUT2D eigenvalue weighted by molar-refractivity contribution is -0.153. The number of rotatable bonds is 4. The SMILES string of the molecule is COC(=O)[C@]12CCC[C@H]1CN([C@H](C(=O)N(C)C)c1ccccc1)C2. The Labute approximate surface area is 143 Å². The van der Waals surface area contributed by atoms with Gasteiger partial charge in [-0.15, -0.1) is 0 Å². The van der Waals surface area contributed by atoms with Gasteiger partial charge in [0, 0.05) is 27.2 Å². The van der Waals surface area contributed by atoms with Gasteiger partial charge in [-0.05, 0) is 24.3 Å². The van der Waals surface area contributed by atoms with Crippen LogP contribution in [0.5, 0.6) is 0 Å². The molecule has 2 fully saturated rings. The van der Waals surface area contributed by atoms with Crippen molar-refractivity contribution in [1.82, 2.24) is 9.80 Å². The van der Waals surface area contributed by atoms with E-state index in [9.17, 15) is 9.59 Å². The van der Waals surface area contributed by atoms with Gasteiger partial charge < -0.3 is 9.64 Å². The number of benzene rings is 1. The highest BCUT2D eigenvalue weighted by molar-refractivity contribution is 5.83. The molecule has 1 saturated carbocycles. The smallest absolute Gasteiger partial charge is 0.313 e. The topological polar surface area (TPSA) is 49.9 Å².